The summed E-state index contributed by atoms with van der Waals surface area (Å²) in [5, 5.41) is 9.23. The minimum absolute atomic E-state index is 0.485. The number of hydrogen-bond donors (Lipinski definition) is 1. The summed E-state index contributed by atoms with van der Waals surface area (Å²) in [6.07, 6.45) is 13.7. The van der Waals surface area contributed by atoms with E-state index in [1.807, 2.05) is 0 Å². The highest BCUT2D eigenvalue weighted by Gasteiger charge is 2.23. The number of aromatic nitrogens is 2. The highest BCUT2D eigenvalue weighted by atomic mass is 127. The van der Waals surface area contributed by atoms with Gasteiger partial charge in [0, 0.05) is 60.8 Å². The van der Waals surface area contributed by atoms with Gasteiger partial charge in [-0.05, 0) is 18.3 Å². The molecule has 0 bridgehead atoms. The average Bonchev–Trinajstić information content (AvgIpc) is 2.85. The molecule has 31 heavy (non-hydrogen) atoms. The topological polar surface area (TPSA) is 67.6 Å². The quantitative estimate of drug-likeness (QED) is 0.227. The molecule has 1 N–H and O–H groups in total. The molecule has 6 nitrogen and oxygen atoms in total. The molecule has 2 heterocycles. The Labute approximate surface area is 202 Å². The van der Waals surface area contributed by atoms with Crippen molar-refractivity contribution in [3.8, 4) is 0 Å². The summed E-state index contributed by atoms with van der Waals surface area (Å²) in [4.78, 5) is 17.4. The van der Waals surface area contributed by atoms with Crippen molar-refractivity contribution < 1.29 is 14.6 Å². The highest BCUT2D eigenvalue weighted by Crippen LogP contribution is 2.23. The minimum atomic E-state index is -0.844. The van der Waals surface area contributed by atoms with Crippen molar-refractivity contribution in [2.75, 3.05) is 19.7 Å². The standard InChI is InChI=1S/C24H42IN3O3/c1-24(2,3)15-11-9-7-5-4-6-8-10-12-18-31-19-28-21-14-17-27(23(29)30)16-13-20(21)26-22(28)25/h4-19H2,1-3H3,(H,29,30). The summed E-state index contributed by atoms with van der Waals surface area (Å²) in [6.45, 7) is 9.33. The third-order valence-corrected chi connectivity index (χ3v) is 6.88. The van der Waals surface area contributed by atoms with Crippen LogP contribution in [0.4, 0.5) is 4.79 Å². The number of rotatable bonds is 13. The Hall–Kier alpha value is -0.830. The largest absolute Gasteiger partial charge is 0.465 e. The molecule has 0 unspecified atom stereocenters. The zero-order valence-electron chi connectivity index (χ0n) is 19.8. The molecule has 1 aromatic heterocycles. The third-order valence-electron chi connectivity index (χ3n) is 6.05. The van der Waals surface area contributed by atoms with E-state index in [4.69, 9.17) is 4.74 Å². The van der Waals surface area contributed by atoms with Crippen molar-refractivity contribution in [2.24, 2.45) is 5.41 Å². The first-order valence-electron chi connectivity index (χ1n) is 12.1. The maximum atomic E-state index is 11.2. The van der Waals surface area contributed by atoms with Crippen LogP contribution in [0.15, 0.2) is 0 Å². The van der Waals surface area contributed by atoms with Crippen LogP contribution in [0.1, 0.15) is 96.4 Å². The van der Waals surface area contributed by atoms with Crippen LogP contribution in [0.25, 0.3) is 0 Å². The molecule has 0 fully saturated rings. The lowest BCUT2D eigenvalue weighted by molar-refractivity contribution is 0.0702. The predicted molar refractivity (Wildman–Crippen MR) is 134 cm³/mol. The summed E-state index contributed by atoms with van der Waals surface area (Å²) in [5.41, 5.74) is 2.64. The van der Waals surface area contributed by atoms with Crippen molar-refractivity contribution in [3.63, 3.8) is 0 Å². The first-order chi connectivity index (χ1) is 14.8. The first-order valence-corrected chi connectivity index (χ1v) is 13.2. The van der Waals surface area contributed by atoms with Crippen molar-refractivity contribution in [2.45, 2.75) is 105 Å². The second-order valence-electron chi connectivity index (χ2n) is 10.0. The molecule has 7 heteroatoms. The lowest BCUT2D eigenvalue weighted by atomic mass is 9.89. The molecule has 0 saturated heterocycles. The molecule has 1 aliphatic rings. The van der Waals surface area contributed by atoms with E-state index in [0.717, 1.165) is 28.2 Å². The molecule has 0 aromatic carbocycles. The number of imidazole rings is 1. The fraction of sp³-hybridized carbons (Fsp3) is 0.833. The van der Waals surface area contributed by atoms with E-state index in [0.29, 0.717) is 38.1 Å². The molecule has 1 amide bonds. The Morgan fingerprint density at radius 3 is 2.19 bits per heavy atom. The van der Waals surface area contributed by atoms with Crippen LogP contribution in [0, 0.1) is 9.25 Å². The van der Waals surface area contributed by atoms with Gasteiger partial charge in [0.15, 0.2) is 3.83 Å². The summed E-state index contributed by atoms with van der Waals surface area (Å²) in [6, 6.07) is 0. The molecule has 0 atom stereocenters. The zero-order valence-corrected chi connectivity index (χ0v) is 22.0. The van der Waals surface area contributed by atoms with Crippen LogP contribution >= 0.6 is 22.6 Å². The van der Waals surface area contributed by atoms with Crippen molar-refractivity contribution in [1.29, 1.82) is 0 Å². The first kappa shape index (κ1) is 26.4. The smallest absolute Gasteiger partial charge is 0.407 e. The van der Waals surface area contributed by atoms with E-state index in [1.165, 1.54) is 62.7 Å². The fourth-order valence-corrected chi connectivity index (χ4v) is 4.87. The molecule has 0 spiro atoms. The number of halogens is 1. The van der Waals surface area contributed by atoms with Gasteiger partial charge >= 0.3 is 6.09 Å². The van der Waals surface area contributed by atoms with E-state index in [-0.39, 0.29) is 0 Å². The van der Waals surface area contributed by atoms with Gasteiger partial charge in [-0.15, -0.1) is 0 Å². The van der Waals surface area contributed by atoms with Crippen LogP contribution in [-0.4, -0.2) is 45.3 Å². The molecule has 0 saturated carbocycles. The second kappa shape index (κ2) is 13.7. The number of fused-ring (bicyclic) bond motifs is 1. The van der Waals surface area contributed by atoms with E-state index in [2.05, 4.69) is 52.9 Å². The van der Waals surface area contributed by atoms with Gasteiger partial charge in [0.2, 0.25) is 0 Å². The number of amides is 1. The molecular formula is C24H42IN3O3. The molecule has 0 aliphatic carbocycles. The molecule has 1 aliphatic heterocycles. The summed E-state index contributed by atoms with van der Waals surface area (Å²) in [7, 11) is 0. The molecule has 0 radical (unpaired) electrons. The molecule has 178 valence electrons. The van der Waals surface area contributed by atoms with Gasteiger partial charge in [0.1, 0.15) is 6.73 Å². The zero-order chi connectivity index (χ0) is 22.7. The molecule has 2 rings (SSSR count). The van der Waals surface area contributed by atoms with Crippen LogP contribution in [0.5, 0.6) is 0 Å². The number of carbonyl (C=O) groups is 1. The Bertz CT molecular complexity index is 670. The van der Waals surface area contributed by atoms with Crippen LogP contribution in [0.3, 0.4) is 0 Å². The number of ether oxygens (including phenoxy) is 1. The van der Waals surface area contributed by atoms with Crippen LogP contribution in [0.2, 0.25) is 0 Å². The monoisotopic (exact) mass is 547 g/mol. The maximum Gasteiger partial charge on any atom is 0.407 e. The number of nitrogens with zero attached hydrogens (tertiary/aromatic N) is 3. The summed E-state index contributed by atoms with van der Waals surface area (Å²) < 4.78 is 8.98. The Morgan fingerprint density at radius 2 is 1.58 bits per heavy atom. The number of hydrogen-bond acceptors (Lipinski definition) is 3. The van der Waals surface area contributed by atoms with E-state index in [9.17, 15) is 9.90 Å². The van der Waals surface area contributed by atoms with Crippen molar-refractivity contribution >= 4 is 28.7 Å². The van der Waals surface area contributed by atoms with Crippen molar-refractivity contribution in [1.82, 2.24) is 14.5 Å². The van der Waals surface area contributed by atoms with Crippen LogP contribution in [-0.2, 0) is 24.3 Å². The number of unbranched alkanes of at least 4 members (excludes halogenated alkanes) is 8. The van der Waals surface area contributed by atoms with Gasteiger partial charge in [-0.3, -0.25) is 4.57 Å². The van der Waals surface area contributed by atoms with Gasteiger partial charge in [0.05, 0.1) is 5.69 Å². The SMILES string of the molecule is CC(C)(C)CCCCCCCCCCCOCn1c(I)nc2c1CCN(C(=O)O)CC2. The predicted octanol–water partition coefficient (Wildman–Crippen LogP) is 6.49. The Balaban J connectivity index is 1.51. The van der Waals surface area contributed by atoms with Gasteiger partial charge < -0.3 is 14.7 Å². The van der Waals surface area contributed by atoms with Gasteiger partial charge in [-0.1, -0.05) is 72.1 Å². The normalized spacial score (nSPS) is 14.5. The fourth-order valence-electron chi connectivity index (χ4n) is 4.15. The lowest BCUT2D eigenvalue weighted by Gasteiger charge is -2.17. The van der Waals surface area contributed by atoms with Crippen molar-refractivity contribution in [3.05, 3.63) is 15.2 Å². The van der Waals surface area contributed by atoms with E-state index >= 15 is 0 Å². The van der Waals surface area contributed by atoms with Gasteiger partial charge in [-0.25, -0.2) is 9.78 Å². The van der Waals surface area contributed by atoms with Gasteiger partial charge in [-0.2, -0.15) is 0 Å². The third kappa shape index (κ3) is 10.1. The van der Waals surface area contributed by atoms with E-state index < -0.39 is 6.09 Å². The highest BCUT2D eigenvalue weighted by molar-refractivity contribution is 14.1. The average molecular weight is 548 g/mol. The van der Waals surface area contributed by atoms with Crippen LogP contribution < -0.4 is 0 Å². The lowest BCUT2D eigenvalue weighted by Crippen LogP contribution is -2.32. The molecular weight excluding hydrogens is 505 g/mol. The molecule has 1 aromatic rings. The maximum absolute atomic E-state index is 11.2. The Morgan fingerprint density at radius 1 is 1.00 bits per heavy atom. The summed E-state index contributed by atoms with van der Waals surface area (Å²) >= 11 is 2.25. The summed E-state index contributed by atoms with van der Waals surface area (Å²) in [5.74, 6) is 0. The van der Waals surface area contributed by atoms with E-state index in [1.54, 1.807) is 0 Å². The van der Waals surface area contributed by atoms with Gasteiger partial charge in [0.25, 0.3) is 0 Å². The number of carboxylic acid groups (broad SMARTS) is 1. The second-order valence-corrected chi connectivity index (χ2v) is 11.0. The minimum Gasteiger partial charge on any atom is -0.465 e. The Kier molecular flexibility index (Phi) is 11.6.